The lowest BCUT2D eigenvalue weighted by Gasteiger charge is -2.22. The van der Waals surface area contributed by atoms with Crippen LogP contribution in [0.1, 0.15) is 33.1 Å². The predicted molar refractivity (Wildman–Crippen MR) is 87.0 cm³/mol. The first kappa shape index (κ1) is 15.6. The van der Waals surface area contributed by atoms with Gasteiger partial charge in [-0.25, -0.2) is 0 Å². The van der Waals surface area contributed by atoms with Gasteiger partial charge in [0.25, 0.3) is 0 Å². The molecular formula is C13H22ClN5S. The van der Waals surface area contributed by atoms with Crippen LogP contribution in [-0.2, 0) is 0 Å². The largest absolute Gasteiger partial charge is 0.353 e. The first-order valence-corrected chi connectivity index (χ1v) is 8.67. The summed E-state index contributed by atoms with van der Waals surface area (Å²) in [6.45, 7) is 6.76. The van der Waals surface area contributed by atoms with Gasteiger partial charge in [0.2, 0.25) is 17.2 Å². The highest BCUT2D eigenvalue weighted by Crippen LogP contribution is 2.25. The van der Waals surface area contributed by atoms with Crippen LogP contribution >= 0.6 is 23.4 Å². The molecule has 0 saturated carbocycles. The number of nitrogens with zero attached hydrogens (tertiary/aromatic N) is 4. The number of hydrogen-bond donors (Lipinski definition) is 1. The molecule has 1 aliphatic rings. The molecule has 1 saturated heterocycles. The molecule has 1 unspecified atom stereocenters. The van der Waals surface area contributed by atoms with Crippen LogP contribution in [-0.4, -0.2) is 45.6 Å². The fraction of sp³-hybridized carbons (Fsp3) is 0.769. The van der Waals surface area contributed by atoms with Crippen molar-refractivity contribution in [3.63, 3.8) is 0 Å². The molecule has 2 heterocycles. The monoisotopic (exact) mass is 315 g/mol. The smallest absolute Gasteiger partial charge is 0.231 e. The number of rotatable bonds is 6. The number of hydrogen-bond acceptors (Lipinski definition) is 6. The molecule has 0 radical (unpaired) electrons. The van der Waals surface area contributed by atoms with Crippen LogP contribution in [0, 0.1) is 0 Å². The van der Waals surface area contributed by atoms with E-state index in [1.165, 1.54) is 25.0 Å². The van der Waals surface area contributed by atoms with E-state index in [2.05, 4.69) is 39.0 Å². The first-order valence-electron chi connectivity index (χ1n) is 7.25. The van der Waals surface area contributed by atoms with Crippen molar-refractivity contribution in [1.29, 1.82) is 0 Å². The molecule has 20 heavy (non-hydrogen) atoms. The Bertz CT molecular complexity index is 421. The number of nitrogens with one attached hydrogen (secondary N) is 1. The Morgan fingerprint density at radius 1 is 1.25 bits per heavy atom. The second-order valence-electron chi connectivity index (χ2n) is 4.77. The van der Waals surface area contributed by atoms with Crippen LogP contribution in [0.2, 0.25) is 5.28 Å². The lowest BCUT2D eigenvalue weighted by Crippen LogP contribution is -2.26. The van der Waals surface area contributed by atoms with Crippen molar-refractivity contribution in [2.45, 2.75) is 38.4 Å². The van der Waals surface area contributed by atoms with Gasteiger partial charge in [0.05, 0.1) is 0 Å². The van der Waals surface area contributed by atoms with Gasteiger partial charge in [0, 0.05) is 24.9 Å². The minimum absolute atomic E-state index is 0.251. The highest BCUT2D eigenvalue weighted by atomic mass is 35.5. The Hall–Kier alpha value is -0.750. The number of anilines is 2. The molecule has 0 spiro atoms. The summed E-state index contributed by atoms with van der Waals surface area (Å²) in [5.74, 6) is 2.49. The van der Waals surface area contributed by atoms with Gasteiger partial charge in [-0.05, 0) is 44.0 Å². The Balaban J connectivity index is 1.99. The fourth-order valence-electron chi connectivity index (χ4n) is 2.24. The van der Waals surface area contributed by atoms with Crippen molar-refractivity contribution >= 4 is 35.3 Å². The van der Waals surface area contributed by atoms with E-state index in [1.54, 1.807) is 0 Å². The Morgan fingerprint density at radius 3 is 2.70 bits per heavy atom. The van der Waals surface area contributed by atoms with Crippen molar-refractivity contribution in [3.05, 3.63) is 5.28 Å². The Labute approximate surface area is 129 Å². The van der Waals surface area contributed by atoms with E-state index in [9.17, 15) is 0 Å². The van der Waals surface area contributed by atoms with Crippen molar-refractivity contribution < 1.29 is 0 Å². The van der Waals surface area contributed by atoms with Gasteiger partial charge in [-0.2, -0.15) is 26.7 Å². The maximum atomic E-state index is 6.00. The van der Waals surface area contributed by atoms with E-state index in [-0.39, 0.29) is 5.28 Å². The third-order valence-electron chi connectivity index (χ3n) is 3.40. The van der Waals surface area contributed by atoms with Crippen molar-refractivity contribution in [2.75, 3.05) is 35.6 Å². The maximum absolute atomic E-state index is 6.00. The molecule has 1 N–H and O–H groups in total. The Morgan fingerprint density at radius 2 is 2.05 bits per heavy atom. The van der Waals surface area contributed by atoms with E-state index in [0.717, 1.165) is 19.6 Å². The highest BCUT2D eigenvalue weighted by molar-refractivity contribution is 7.99. The molecule has 5 nitrogen and oxygen atoms in total. The van der Waals surface area contributed by atoms with Crippen LogP contribution < -0.4 is 10.2 Å². The predicted octanol–water partition coefficient (Wildman–Crippen LogP) is 3.07. The molecule has 1 atom stereocenters. The number of thioether (sulfide) groups is 1. The SMILES string of the molecule is CCN(CC)c1nc(Cl)nc(NCC2CCCCS2)n1. The van der Waals surface area contributed by atoms with Gasteiger partial charge in [0.1, 0.15) is 0 Å². The second kappa shape index (κ2) is 7.88. The van der Waals surface area contributed by atoms with E-state index < -0.39 is 0 Å². The third-order valence-corrected chi connectivity index (χ3v) is 4.97. The van der Waals surface area contributed by atoms with Gasteiger partial charge < -0.3 is 10.2 Å². The van der Waals surface area contributed by atoms with Gasteiger partial charge in [-0.1, -0.05) is 6.42 Å². The Kier molecular flexibility index (Phi) is 6.16. The zero-order valence-electron chi connectivity index (χ0n) is 12.1. The normalized spacial score (nSPS) is 18.9. The quantitative estimate of drug-likeness (QED) is 0.870. The molecule has 1 aliphatic heterocycles. The van der Waals surface area contributed by atoms with E-state index >= 15 is 0 Å². The third kappa shape index (κ3) is 4.38. The minimum Gasteiger partial charge on any atom is -0.353 e. The average Bonchev–Trinajstić information content (AvgIpc) is 2.47. The molecule has 0 bridgehead atoms. The standard InChI is InChI=1S/C13H22ClN5S/c1-3-19(4-2)13-17-11(14)16-12(18-13)15-9-10-7-5-6-8-20-10/h10H,3-9H2,1-2H3,(H,15,16,17,18). The van der Waals surface area contributed by atoms with Gasteiger partial charge in [-0.15, -0.1) is 0 Å². The molecule has 1 aromatic rings. The molecule has 7 heteroatoms. The van der Waals surface area contributed by atoms with E-state index in [4.69, 9.17) is 11.6 Å². The summed E-state index contributed by atoms with van der Waals surface area (Å²) >= 11 is 8.02. The summed E-state index contributed by atoms with van der Waals surface area (Å²) in [7, 11) is 0. The van der Waals surface area contributed by atoms with Crippen LogP contribution in [0.3, 0.4) is 0 Å². The minimum atomic E-state index is 0.251. The lowest BCUT2D eigenvalue weighted by atomic mass is 10.2. The van der Waals surface area contributed by atoms with Crippen molar-refractivity contribution in [3.8, 4) is 0 Å². The van der Waals surface area contributed by atoms with E-state index in [0.29, 0.717) is 17.1 Å². The zero-order chi connectivity index (χ0) is 14.4. The van der Waals surface area contributed by atoms with Crippen LogP contribution in [0.4, 0.5) is 11.9 Å². The zero-order valence-corrected chi connectivity index (χ0v) is 13.7. The molecule has 1 aromatic heterocycles. The average molecular weight is 316 g/mol. The second-order valence-corrected chi connectivity index (χ2v) is 6.52. The molecule has 0 aromatic carbocycles. The fourth-order valence-corrected chi connectivity index (χ4v) is 3.63. The van der Waals surface area contributed by atoms with Gasteiger partial charge in [0.15, 0.2) is 0 Å². The molecule has 112 valence electrons. The van der Waals surface area contributed by atoms with Crippen molar-refractivity contribution in [1.82, 2.24) is 15.0 Å². The first-order chi connectivity index (χ1) is 9.72. The molecule has 2 rings (SSSR count). The summed E-state index contributed by atoms with van der Waals surface area (Å²) in [4.78, 5) is 14.9. The summed E-state index contributed by atoms with van der Waals surface area (Å²) in [6, 6.07) is 0. The topological polar surface area (TPSA) is 53.9 Å². The van der Waals surface area contributed by atoms with Crippen LogP contribution in [0.25, 0.3) is 0 Å². The van der Waals surface area contributed by atoms with E-state index in [1.807, 2.05) is 11.8 Å². The molecule has 0 amide bonds. The van der Waals surface area contributed by atoms with Crippen LogP contribution in [0.5, 0.6) is 0 Å². The molecular weight excluding hydrogens is 294 g/mol. The molecule has 0 aliphatic carbocycles. The summed E-state index contributed by atoms with van der Waals surface area (Å²) in [5, 5.41) is 4.20. The molecule has 1 fully saturated rings. The summed E-state index contributed by atoms with van der Waals surface area (Å²) < 4.78 is 0. The lowest BCUT2D eigenvalue weighted by molar-refractivity contribution is 0.675. The summed E-state index contributed by atoms with van der Waals surface area (Å²) in [6.07, 6.45) is 3.92. The van der Waals surface area contributed by atoms with Crippen molar-refractivity contribution in [2.24, 2.45) is 0 Å². The summed E-state index contributed by atoms with van der Waals surface area (Å²) in [5.41, 5.74) is 0. The number of aromatic nitrogens is 3. The highest BCUT2D eigenvalue weighted by Gasteiger charge is 2.15. The maximum Gasteiger partial charge on any atom is 0.231 e. The van der Waals surface area contributed by atoms with Gasteiger partial charge >= 0.3 is 0 Å². The van der Waals surface area contributed by atoms with Gasteiger partial charge in [-0.3, -0.25) is 0 Å². The van der Waals surface area contributed by atoms with Crippen LogP contribution in [0.15, 0.2) is 0 Å². The number of halogens is 1.